The van der Waals surface area contributed by atoms with Crippen molar-refractivity contribution in [1.29, 1.82) is 0 Å². The SMILES string of the molecule is CCCCO[C@@H]1O[C@H](CO)[C@@H](O[C@@H]2O[C@H](CO)[C@@H](O)[C@H](O)[C@H]2N)[C@H](O)[C@H]1N. The van der Waals surface area contributed by atoms with E-state index in [1.807, 2.05) is 6.92 Å². The molecule has 11 heteroatoms. The standard InChI is InChI=1S/C16H32N2O9/c1-2-3-4-24-15-10(18)13(23)14(8(6-20)26-15)27-16-9(17)12(22)11(21)7(5-19)25-16/h7-16,19-23H,2-6,17-18H2,1H3/t7-,8-,9-,10-,11-,12-,13-,14-,15-,16+/m1/s1. The van der Waals surface area contributed by atoms with Crippen LogP contribution < -0.4 is 11.5 Å². The first kappa shape index (κ1) is 22.8. The highest BCUT2D eigenvalue weighted by molar-refractivity contribution is 4.96. The second-order valence-corrected chi connectivity index (χ2v) is 6.90. The van der Waals surface area contributed by atoms with E-state index < -0.39 is 74.5 Å². The van der Waals surface area contributed by atoms with Crippen molar-refractivity contribution in [2.24, 2.45) is 11.5 Å². The van der Waals surface area contributed by atoms with Gasteiger partial charge in [-0.05, 0) is 6.42 Å². The van der Waals surface area contributed by atoms with E-state index >= 15 is 0 Å². The van der Waals surface area contributed by atoms with Gasteiger partial charge in [-0.1, -0.05) is 13.3 Å². The summed E-state index contributed by atoms with van der Waals surface area (Å²) in [4.78, 5) is 0. The number of nitrogens with two attached hydrogens (primary N) is 2. The van der Waals surface area contributed by atoms with Crippen molar-refractivity contribution < 1.29 is 44.5 Å². The molecule has 27 heavy (non-hydrogen) atoms. The van der Waals surface area contributed by atoms with Crippen molar-refractivity contribution >= 4 is 0 Å². The van der Waals surface area contributed by atoms with E-state index in [4.69, 9.17) is 30.4 Å². The van der Waals surface area contributed by atoms with Crippen LogP contribution in [-0.4, -0.2) is 107 Å². The van der Waals surface area contributed by atoms with Crippen LogP contribution in [0.25, 0.3) is 0 Å². The molecule has 2 aliphatic rings. The lowest BCUT2D eigenvalue weighted by atomic mass is 9.95. The van der Waals surface area contributed by atoms with Crippen molar-refractivity contribution in [2.75, 3.05) is 19.8 Å². The number of rotatable bonds is 8. The molecule has 0 spiro atoms. The van der Waals surface area contributed by atoms with E-state index in [0.29, 0.717) is 6.61 Å². The quantitative estimate of drug-likeness (QED) is 0.200. The summed E-state index contributed by atoms with van der Waals surface area (Å²) in [6.07, 6.45) is -7.74. The first-order chi connectivity index (χ1) is 12.8. The predicted octanol–water partition coefficient (Wildman–Crippen LogP) is -3.64. The summed E-state index contributed by atoms with van der Waals surface area (Å²) in [6, 6.07) is -2.09. The molecule has 160 valence electrons. The Bertz CT molecular complexity index is 442. The van der Waals surface area contributed by atoms with Gasteiger partial charge in [0.15, 0.2) is 12.6 Å². The van der Waals surface area contributed by atoms with Gasteiger partial charge in [0.1, 0.15) is 36.6 Å². The molecule has 11 nitrogen and oxygen atoms in total. The second-order valence-electron chi connectivity index (χ2n) is 6.90. The molecule has 0 aromatic heterocycles. The number of hydrogen-bond donors (Lipinski definition) is 7. The van der Waals surface area contributed by atoms with Gasteiger partial charge in [0, 0.05) is 6.61 Å². The molecule has 0 aliphatic carbocycles. The maximum absolute atomic E-state index is 10.5. The van der Waals surface area contributed by atoms with Crippen LogP contribution in [0.2, 0.25) is 0 Å². The first-order valence-electron chi connectivity index (χ1n) is 9.20. The Morgan fingerprint density at radius 1 is 0.852 bits per heavy atom. The van der Waals surface area contributed by atoms with Crippen LogP contribution >= 0.6 is 0 Å². The molecule has 0 bridgehead atoms. The fraction of sp³-hybridized carbons (Fsp3) is 1.00. The third-order valence-electron chi connectivity index (χ3n) is 4.90. The molecule has 0 aromatic rings. The first-order valence-corrected chi connectivity index (χ1v) is 9.20. The van der Waals surface area contributed by atoms with Crippen LogP contribution in [0.15, 0.2) is 0 Å². The molecular formula is C16H32N2O9. The molecule has 0 radical (unpaired) electrons. The van der Waals surface area contributed by atoms with E-state index in [2.05, 4.69) is 0 Å². The summed E-state index contributed by atoms with van der Waals surface area (Å²) in [7, 11) is 0. The van der Waals surface area contributed by atoms with Gasteiger partial charge in [-0.15, -0.1) is 0 Å². The van der Waals surface area contributed by atoms with Crippen molar-refractivity contribution in [3.63, 3.8) is 0 Å². The lowest BCUT2D eigenvalue weighted by molar-refractivity contribution is -0.328. The Morgan fingerprint density at radius 2 is 1.44 bits per heavy atom. The van der Waals surface area contributed by atoms with Crippen molar-refractivity contribution in [3.8, 4) is 0 Å². The minimum absolute atomic E-state index is 0.393. The zero-order valence-electron chi connectivity index (χ0n) is 15.3. The molecule has 0 unspecified atom stereocenters. The van der Waals surface area contributed by atoms with Crippen molar-refractivity contribution in [2.45, 2.75) is 81.1 Å². The summed E-state index contributed by atoms with van der Waals surface area (Å²) >= 11 is 0. The van der Waals surface area contributed by atoms with Crippen LogP contribution in [0.5, 0.6) is 0 Å². The van der Waals surface area contributed by atoms with Crippen LogP contribution in [-0.2, 0) is 18.9 Å². The zero-order chi connectivity index (χ0) is 20.1. The molecule has 0 amide bonds. The molecule has 2 aliphatic heterocycles. The maximum Gasteiger partial charge on any atom is 0.176 e. The third kappa shape index (κ3) is 5.14. The zero-order valence-corrected chi connectivity index (χ0v) is 15.3. The summed E-state index contributed by atoms with van der Waals surface area (Å²) in [5.41, 5.74) is 11.8. The molecule has 0 aromatic carbocycles. The Balaban J connectivity index is 2.06. The summed E-state index contributed by atoms with van der Waals surface area (Å²) < 4.78 is 22.2. The molecule has 2 saturated heterocycles. The fourth-order valence-corrected chi connectivity index (χ4v) is 3.13. The number of aliphatic hydroxyl groups is 5. The minimum atomic E-state index is -1.41. The fourth-order valence-electron chi connectivity index (χ4n) is 3.13. The Hall–Kier alpha value is -0.440. The highest BCUT2D eigenvalue weighted by Gasteiger charge is 2.49. The van der Waals surface area contributed by atoms with Crippen LogP contribution in [0, 0.1) is 0 Å². The lowest BCUT2D eigenvalue weighted by Crippen LogP contribution is -2.67. The molecule has 2 heterocycles. The summed E-state index contributed by atoms with van der Waals surface area (Å²) in [5, 5.41) is 49.3. The molecule has 2 rings (SSSR count). The number of unbranched alkanes of at least 4 members (excludes halogenated alkanes) is 1. The topological polar surface area (TPSA) is 190 Å². The normalized spacial score (nSPS) is 45.8. The summed E-state index contributed by atoms with van der Waals surface area (Å²) in [6.45, 7) is 1.34. The van der Waals surface area contributed by atoms with Crippen LogP contribution in [0.3, 0.4) is 0 Å². The summed E-state index contributed by atoms with van der Waals surface area (Å²) in [5.74, 6) is 0. The minimum Gasteiger partial charge on any atom is -0.394 e. The average molecular weight is 396 g/mol. The smallest absolute Gasteiger partial charge is 0.176 e. The van der Waals surface area contributed by atoms with Gasteiger partial charge in [0.05, 0.1) is 25.3 Å². The predicted molar refractivity (Wildman–Crippen MR) is 91.2 cm³/mol. The number of aliphatic hydroxyl groups excluding tert-OH is 5. The van der Waals surface area contributed by atoms with Gasteiger partial charge < -0.3 is 55.9 Å². The Morgan fingerprint density at radius 3 is 2.04 bits per heavy atom. The van der Waals surface area contributed by atoms with E-state index in [-0.39, 0.29) is 0 Å². The molecule has 2 fully saturated rings. The van der Waals surface area contributed by atoms with Gasteiger partial charge in [-0.3, -0.25) is 0 Å². The van der Waals surface area contributed by atoms with E-state index in [1.54, 1.807) is 0 Å². The van der Waals surface area contributed by atoms with Gasteiger partial charge in [-0.2, -0.15) is 0 Å². The second kappa shape index (κ2) is 10.4. The van der Waals surface area contributed by atoms with Gasteiger partial charge in [0.2, 0.25) is 0 Å². The maximum atomic E-state index is 10.5. The van der Waals surface area contributed by atoms with E-state index in [1.165, 1.54) is 0 Å². The van der Waals surface area contributed by atoms with Gasteiger partial charge >= 0.3 is 0 Å². The third-order valence-corrected chi connectivity index (χ3v) is 4.90. The average Bonchev–Trinajstić information content (AvgIpc) is 2.67. The van der Waals surface area contributed by atoms with Crippen LogP contribution in [0.4, 0.5) is 0 Å². The lowest BCUT2D eigenvalue weighted by Gasteiger charge is -2.46. The molecule has 10 atom stereocenters. The Kier molecular flexibility index (Phi) is 8.77. The van der Waals surface area contributed by atoms with Crippen molar-refractivity contribution in [1.82, 2.24) is 0 Å². The number of hydrogen-bond acceptors (Lipinski definition) is 11. The van der Waals surface area contributed by atoms with E-state index in [0.717, 1.165) is 12.8 Å². The van der Waals surface area contributed by atoms with Crippen LogP contribution in [0.1, 0.15) is 19.8 Å². The molecule has 0 saturated carbocycles. The van der Waals surface area contributed by atoms with E-state index in [9.17, 15) is 25.5 Å². The molecule has 9 N–H and O–H groups in total. The molecular weight excluding hydrogens is 364 g/mol. The highest BCUT2D eigenvalue weighted by Crippen LogP contribution is 2.28. The monoisotopic (exact) mass is 396 g/mol. The largest absolute Gasteiger partial charge is 0.394 e. The number of ether oxygens (including phenoxy) is 4. The Labute approximate surface area is 157 Å². The van der Waals surface area contributed by atoms with Gasteiger partial charge in [0.25, 0.3) is 0 Å². The highest BCUT2D eigenvalue weighted by atomic mass is 16.7. The van der Waals surface area contributed by atoms with Crippen molar-refractivity contribution in [3.05, 3.63) is 0 Å². The van der Waals surface area contributed by atoms with Gasteiger partial charge in [-0.25, -0.2) is 0 Å².